The summed E-state index contributed by atoms with van der Waals surface area (Å²) in [7, 11) is 0. The summed E-state index contributed by atoms with van der Waals surface area (Å²) in [5.74, 6) is 1.68. The van der Waals surface area contributed by atoms with E-state index >= 15 is 0 Å². The molecule has 2 aliphatic rings. The Kier molecular flexibility index (Phi) is 4.95. The third-order valence-electron chi connectivity index (χ3n) is 6.77. The maximum absolute atomic E-state index is 2.41. The molecular formula is C22H34. The van der Waals surface area contributed by atoms with Crippen LogP contribution in [0, 0.1) is 27.7 Å². The van der Waals surface area contributed by atoms with Gasteiger partial charge in [0.15, 0.2) is 0 Å². The molecule has 0 nitrogen and oxygen atoms in total. The summed E-state index contributed by atoms with van der Waals surface area (Å²) in [5.41, 5.74) is 10.0. The van der Waals surface area contributed by atoms with E-state index in [0.717, 1.165) is 11.8 Å². The fraction of sp³-hybridized carbons (Fsp3) is 0.727. The second-order valence-electron chi connectivity index (χ2n) is 8.00. The zero-order valence-electron chi connectivity index (χ0n) is 15.2. The van der Waals surface area contributed by atoms with Crippen molar-refractivity contribution in [2.45, 2.75) is 104 Å². The van der Waals surface area contributed by atoms with Crippen molar-refractivity contribution in [3.63, 3.8) is 0 Å². The van der Waals surface area contributed by atoms with Crippen molar-refractivity contribution in [2.75, 3.05) is 0 Å². The summed E-state index contributed by atoms with van der Waals surface area (Å²) in [6.45, 7) is 9.66. The quantitative estimate of drug-likeness (QED) is 0.550. The van der Waals surface area contributed by atoms with E-state index in [1.807, 2.05) is 0 Å². The first-order chi connectivity index (χ1) is 10.6. The van der Waals surface area contributed by atoms with Gasteiger partial charge in [0.25, 0.3) is 0 Å². The lowest BCUT2D eigenvalue weighted by Crippen LogP contribution is -2.15. The molecule has 0 bridgehead atoms. The fourth-order valence-electron chi connectivity index (χ4n) is 5.38. The van der Waals surface area contributed by atoms with Gasteiger partial charge in [0.2, 0.25) is 0 Å². The van der Waals surface area contributed by atoms with Crippen molar-refractivity contribution in [1.29, 1.82) is 0 Å². The standard InChI is InChI=1S/C22H34/c1-15-16(2)22(20-13-9-6-10-14-20)18(4)17(3)21(15)19-11-7-5-8-12-19/h19-20H,5-14H2,1-4H3. The molecule has 0 unspecified atom stereocenters. The van der Waals surface area contributed by atoms with Gasteiger partial charge in [-0.1, -0.05) is 38.5 Å². The van der Waals surface area contributed by atoms with Crippen LogP contribution < -0.4 is 0 Å². The molecule has 0 spiro atoms. The Bertz CT molecular complexity index is 447. The predicted octanol–water partition coefficient (Wildman–Crippen LogP) is 7.02. The van der Waals surface area contributed by atoms with Crippen LogP contribution in [0.1, 0.15) is 109 Å². The van der Waals surface area contributed by atoms with Gasteiger partial charge in [0.1, 0.15) is 0 Å². The number of rotatable bonds is 2. The second-order valence-corrected chi connectivity index (χ2v) is 8.00. The van der Waals surface area contributed by atoms with Gasteiger partial charge in [-0.15, -0.1) is 0 Å². The van der Waals surface area contributed by atoms with Crippen LogP contribution in [0.4, 0.5) is 0 Å². The lowest BCUT2D eigenvalue weighted by atomic mass is 9.73. The van der Waals surface area contributed by atoms with Gasteiger partial charge < -0.3 is 0 Å². The molecule has 2 fully saturated rings. The zero-order chi connectivity index (χ0) is 15.7. The highest BCUT2D eigenvalue weighted by molar-refractivity contribution is 5.53. The minimum absolute atomic E-state index is 0.839. The van der Waals surface area contributed by atoms with Crippen LogP contribution in [0.15, 0.2) is 0 Å². The average Bonchev–Trinajstić information content (AvgIpc) is 2.55. The first-order valence-corrected chi connectivity index (χ1v) is 9.71. The Morgan fingerprint density at radius 1 is 0.455 bits per heavy atom. The summed E-state index contributed by atoms with van der Waals surface area (Å²) in [4.78, 5) is 0. The largest absolute Gasteiger partial charge is 0.0533 e. The lowest BCUT2D eigenvalue weighted by Gasteiger charge is -2.32. The monoisotopic (exact) mass is 298 g/mol. The maximum atomic E-state index is 2.41. The summed E-state index contributed by atoms with van der Waals surface area (Å²) in [6.07, 6.45) is 14.3. The summed E-state index contributed by atoms with van der Waals surface area (Å²) >= 11 is 0. The second kappa shape index (κ2) is 6.77. The van der Waals surface area contributed by atoms with Gasteiger partial charge in [-0.25, -0.2) is 0 Å². The summed E-state index contributed by atoms with van der Waals surface area (Å²) in [6, 6.07) is 0. The molecule has 3 rings (SSSR count). The van der Waals surface area contributed by atoms with Crippen molar-refractivity contribution in [1.82, 2.24) is 0 Å². The highest BCUT2D eigenvalue weighted by Crippen LogP contribution is 2.43. The van der Waals surface area contributed by atoms with Crippen molar-refractivity contribution in [3.05, 3.63) is 33.4 Å². The number of hydrogen-bond donors (Lipinski definition) is 0. The van der Waals surface area contributed by atoms with Gasteiger partial charge in [-0.2, -0.15) is 0 Å². The molecule has 0 heteroatoms. The topological polar surface area (TPSA) is 0 Å². The van der Waals surface area contributed by atoms with Crippen LogP contribution in [-0.4, -0.2) is 0 Å². The molecule has 22 heavy (non-hydrogen) atoms. The fourth-order valence-corrected chi connectivity index (χ4v) is 5.38. The van der Waals surface area contributed by atoms with Crippen molar-refractivity contribution in [3.8, 4) is 0 Å². The van der Waals surface area contributed by atoms with Gasteiger partial charge in [0.05, 0.1) is 0 Å². The highest BCUT2D eigenvalue weighted by atomic mass is 14.3. The Morgan fingerprint density at radius 3 is 1.00 bits per heavy atom. The molecule has 0 aromatic heterocycles. The molecule has 1 aromatic carbocycles. The molecule has 0 radical (unpaired) electrons. The Balaban J connectivity index is 2.03. The molecule has 0 N–H and O–H groups in total. The van der Waals surface area contributed by atoms with E-state index in [1.165, 1.54) is 64.2 Å². The molecule has 0 heterocycles. The number of benzene rings is 1. The van der Waals surface area contributed by atoms with E-state index in [4.69, 9.17) is 0 Å². The van der Waals surface area contributed by atoms with E-state index in [1.54, 1.807) is 33.4 Å². The molecule has 2 aliphatic carbocycles. The van der Waals surface area contributed by atoms with Crippen molar-refractivity contribution < 1.29 is 0 Å². The highest BCUT2D eigenvalue weighted by Gasteiger charge is 2.26. The van der Waals surface area contributed by atoms with Gasteiger partial charge >= 0.3 is 0 Å². The van der Waals surface area contributed by atoms with Crippen LogP contribution in [0.2, 0.25) is 0 Å². The SMILES string of the molecule is Cc1c(C)c(C2CCCCC2)c(C)c(C)c1C1CCCCC1. The third-order valence-corrected chi connectivity index (χ3v) is 6.77. The molecular weight excluding hydrogens is 264 g/mol. The zero-order valence-corrected chi connectivity index (χ0v) is 15.2. The van der Waals surface area contributed by atoms with Crippen LogP contribution >= 0.6 is 0 Å². The first-order valence-electron chi connectivity index (χ1n) is 9.71. The van der Waals surface area contributed by atoms with Crippen molar-refractivity contribution >= 4 is 0 Å². The van der Waals surface area contributed by atoms with Gasteiger partial charge in [0, 0.05) is 0 Å². The van der Waals surface area contributed by atoms with E-state index in [2.05, 4.69) is 27.7 Å². The van der Waals surface area contributed by atoms with E-state index in [-0.39, 0.29) is 0 Å². The lowest BCUT2D eigenvalue weighted by molar-refractivity contribution is 0.434. The predicted molar refractivity (Wildman–Crippen MR) is 97.0 cm³/mol. The first kappa shape index (κ1) is 16.1. The molecule has 0 amide bonds. The summed E-state index contributed by atoms with van der Waals surface area (Å²) in [5, 5.41) is 0. The third kappa shape index (κ3) is 2.86. The minimum atomic E-state index is 0.839. The van der Waals surface area contributed by atoms with Gasteiger partial charge in [-0.3, -0.25) is 0 Å². The molecule has 122 valence electrons. The van der Waals surface area contributed by atoms with Crippen LogP contribution in [-0.2, 0) is 0 Å². The molecule has 0 aliphatic heterocycles. The van der Waals surface area contributed by atoms with E-state index < -0.39 is 0 Å². The molecule has 0 atom stereocenters. The van der Waals surface area contributed by atoms with Crippen LogP contribution in [0.25, 0.3) is 0 Å². The minimum Gasteiger partial charge on any atom is -0.0533 e. The maximum Gasteiger partial charge on any atom is -0.0157 e. The Hall–Kier alpha value is -0.780. The average molecular weight is 299 g/mol. The molecule has 1 aromatic rings. The molecule has 2 saturated carbocycles. The van der Waals surface area contributed by atoms with Crippen LogP contribution in [0.5, 0.6) is 0 Å². The number of hydrogen-bond acceptors (Lipinski definition) is 0. The van der Waals surface area contributed by atoms with E-state index in [9.17, 15) is 0 Å². The van der Waals surface area contributed by atoms with Crippen LogP contribution in [0.3, 0.4) is 0 Å². The van der Waals surface area contributed by atoms with E-state index in [0.29, 0.717) is 0 Å². The normalized spacial score (nSPS) is 21.3. The van der Waals surface area contributed by atoms with Crippen molar-refractivity contribution in [2.24, 2.45) is 0 Å². The Labute approximate surface area is 137 Å². The Morgan fingerprint density at radius 2 is 0.727 bits per heavy atom. The smallest absolute Gasteiger partial charge is 0.0157 e. The molecule has 0 saturated heterocycles. The van der Waals surface area contributed by atoms with Gasteiger partial charge in [-0.05, 0) is 98.6 Å². The summed E-state index contributed by atoms with van der Waals surface area (Å²) < 4.78 is 0.